The molecule has 4 N–H and O–H groups in total. The molecule has 2 rings (SSSR count). The Hall–Kier alpha value is -2.31. The minimum absolute atomic E-state index is 0.0638. The molecule has 0 bridgehead atoms. The van der Waals surface area contributed by atoms with Crippen LogP contribution >= 0.6 is 0 Å². The lowest BCUT2D eigenvalue weighted by atomic mass is 10.1. The van der Waals surface area contributed by atoms with Crippen LogP contribution in [0.4, 0.5) is 17.1 Å². The van der Waals surface area contributed by atoms with E-state index in [2.05, 4.69) is 0 Å². The van der Waals surface area contributed by atoms with Crippen LogP contribution in [0.5, 0.6) is 0 Å². The number of nitro benzene ring substituents is 1. The highest BCUT2D eigenvalue weighted by Crippen LogP contribution is 2.32. The first kappa shape index (κ1) is 12.2. The molecule has 1 aliphatic heterocycles. The average Bonchev–Trinajstić information content (AvgIpc) is 2.77. The van der Waals surface area contributed by atoms with E-state index < -0.39 is 10.8 Å². The average molecular weight is 250 g/mol. The van der Waals surface area contributed by atoms with Crippen LogP contribution in [0.3, 0.4) is 0 Å². The van der Waals surface area contributed by atoms with Crippen LogP contribution in [-0.2, 0) is 4.79 Å². The number of benzene rings is 1. The summed E-state index contributed by atoms with van der Waals surface area (Å²) in [5.41, 5.74) is 12.0. The van der Waals surface area contributed by atoms with Crippen molar-refractivity contribution in [3.05, 3.63) is 28.3 Å². The standard InChI is InChI=1S/C11H14N4O3/c12-8-6-7(15(17)18)3-4-9(8)14-5-1-2-10(14)11(13)16/h3-4,6,10H,1-2,5,12H2,(H2,13,16). The summed E-state index contributed by atoms with van der Waals surface area (Å²) in [5, 5.41) is 10.6. The summed E-state index contributed by atoms with van der Waals surface area (Å²) in [4.78, 5) is 23.2. The topological polar surface area (TPSA) is 115 Å². The Bertz CT molecular complexity index is 503. The van der Waals surface area contributed by atoms with Crippen molar-refractivity contribution in [2.24, 2.45) is 5.73 Å². The Balaban J connectivity index is 2.33. The normalized spacial score (nSPS) is 18.9. The van der Waals surface area contributed by atoms with E-state index in [1.807, 2.05) is 0 Å². The highest BCUT2D eigenvalue weighted by Gasteiger charge is 2.30. The molecule has 1 aliphatic rings. The minimum Gasteiger partial charge on any atom is -0.397 e. The molecule has 1 unspecified atom stereocenters. The first-order chi connectivity index (χ1) is 8.50. The number of nitro groups is 1. The lowest BCUT2D eigenvalue weighted by molar-refractivity contribution is -0.384. The number of primary amides is 1. The third kappa shape index (κ3) is 2.06. The third-order valence-electron chi connectivity index (χ3n) is 3.11. The van der Waals surface area contributed by atoms with Crippen molar-refractivity contribution in [3.8, 4) is 0 Å². The molecule has 0 aliphatic carbocycles. The van der Waals surface area contributed by atoms with Gasteiger partial charge in [0.1, 0.15) is 6.04 Å². The molecule has 96 valence electrons. The van der Waals surface area contributed by atoms with Crippen LogP contribution in [0.1, 0.15) is 12.8 Å². The van der Waals surface area contributed by atoms with Crippen molar-refractivity contribution >= 4 is 23.0 Å². The van der Waals surface area contributed by atoms with Gasteiger partial charge in [-0.3, -0.25) is 14.9 Å². The molecule has 0 saturated carbocycles. The molecular weight excluding hydrogens is 236 g/mol. The van der Waals surface area contributed by atoms with E-state index in [0.717, 1.165) is 6.42 Å². The summed E-state index contributed by atoms with van der Waals surface area (Å²) in [5.74, 6) is -0.398. The second-order valence-electron chi connectivity index (χ2n) is 4.25. The summed E-state index contributed by atoms with van der Waals surface area (Å²) >= 11 is 0. The van der Waals surface area contributed by atoms with Crippen molar-refractivity contribution in [1.29, 1.82) is 0 Å². The highest BCUT2D eigenvalue weighted by molar-refractivity contribution is 5.86. The maximum atomic E-state index is 11.3. The molecule has 1 amide bonds. The quantitative estimate of drug-likeness (QED) is 0.463. The van der Waals surface area contributed by atoms with Crippen LogP contribution in [0.25, 0.3) is 0 Å². The number of nitrogens with zero attached hydrogens (tertiary/aromatic N) is 2. The number of anilines is 2. The van der Waals surface area contributed by atoms with Gasteiger partial charge in [-0.15, -0.1) is 0 Å². The van der Waals surface area contributed by atoms with Crippen LogP contribution in [-0.4, -0.2) is 23.4 Å². The minimum atomic E-state index is -0.504. The molecule has 0 radical (unpaired) electrons. The van der Waals surface area contributed by atoms with Crippen molar-refractivity contribution in [3.63, 3.8) is 0 Å². The molecule has 7 nitrogen and oxygen atoms in total. The Morgan fingerprint density at radius 3 is 2.78 bits per heavy atom. The Labute approximate surface area is 104 Å². The Morgan fingerprint density at radius 2 is 2.22 bits per heavy atom. The van der Waals surface area contributed by atoms with Crippen molar-refractivity contribution in [2.75, 3.05) is 17.2 Å². The van der Waals surface area contributed by atoms with E-state index in [0.29, 0.717) is 18.7 Å². The first-order valence-electron chi connectivity index (χ1n) is 5.60. The molecule has 7 heteroatoms. The molecule has 1 aromatic rings. The second-order valence-corrected chi connectivity index (χ2v) is 4.25. The van der Waals surface area contributed by atoms with Gasteiger partial charge in [-0.25, -0.2) is 0 Å². The number of hydrogen-bond donors (Lipinski definition) is 2. The molecule has 1 fully saturated rings. The van der Waals surface area contributed by atoms with Gasteiger partial charge in [-0.05, 0) is 18.9 Å². The third-order valence-corrected chi connectivity index (χ3v) is 3.11. The van der Waals surface area contributed by atoms with E-state index in [1.165, 1.54) is 12.1 Å². The fourth-order valence-electron chi connectivity index (χ4n) is 2.27. The van der Waals surface area contributed by atoms with E-state index in [1.54, 1.807) is 11.0 Å². The van der Waals surface area contributed by atoms with Gasteiger partial charge in [-0.1, -0.05) is 0 Å². The van der Waals surface area contributed by atoms with Crippen molar-refractivity contribution < 1.29 is 9.72 Å². The van der Waals surface area contributed by atoms with Crippen molar-refractivity contribution in [1.82, 2.24) is 0 Å². The predicted molar refractivity (Wildman–Crippen MR) is 67.1 cm³/mol. The molecular formula is C11H14N4O3. The van der Waals surface area contributed by atoms with Gasteiger partial charge in [0.25, 0.3) is 5.69 Å². The monoisotopic (exact) mass is 250 g/mol. The summed E-state index contributed by atoms with van der Waals surface area (Å²) in [7, 11) is 0. The zero-order valence-electron chi connectivity index (χ0n) is 9.70. The maximum Gasteiger partial charge on any atom is 0.271 e. The number of carbonyl (C=O) groups is 1. The van der Waals surface area contributed by atoms with Crippen molar-refractivity contribution in [2.45, 2.75) is 18.9 Å². The van der Waals surface area contributed by atoms with E-state index in [9.17, 15) is 14.9 Å². The number of hydrogen-bond acceptors (Lipinski definition) is 5. The van der Waals surface area contributed by atoms with Gasteiger partial charge >= 0.3 is 0 Å². The van der Waals surface area contributed by atoms with E-state index in [4.69, 9.17) is 11.5 Å². The molecule has 1 atom stereocenters. The molecule has 1 heterocycles. The van der Waals surface area contributed by atoms with Crippen LogP contribution < -0.4 is 16.4 Å². The lowest BCUT2D eigenvalue weighted by Crippen LogP contribution is -2.40. The summed E-state index contributed by atoms with van der Waals surface area (Å²) < 4.78 is 0. The van der Waals surface area contributed by atoms with Crippen LogP contribution in [0.2, 0.25) is 0 Å². The fraction of sp³-hybridized carbons (Fsp3) is 0.364. The number of non-ortho nitro benzene ring substituents is 1. The highest BCUT2D eigenvalue weighted by atomic mass is 16.6. The Kier molecular flexibility index (Phi) is 3.05. The molecule has 18 heavy (non-hydrogen) atoms. The largest absolute Gasteiger partial charge is 0.397 e. The lowest BCUT2D eigenvalue weighted by Gasteiger charge is -2.25. The Morgan fingerprint density at radius 1 is 1.50 bits per heavy atom. The number of nitrogen functional groups attached to an aromatic ring is 1. The van der Waals surface area contributed by atoms with Crippen LogP contribution in [0.15, 0.2) is 18.2 Å². The van der Waals surface area contributed by atoms with Gasteiger partial charge in [0.05, 0.1) is 16.3 Å². The predicted octanol–water partition coefficient (Wildman–Crippen LogP) is 0.631. The summed E-state index contributed by atoms with van der Waals surface area (Å²) in [6, 6.07) is 3.86. The second kappa shape index (κ2) is 4.52. The maximum absolute atomic E-state index is 11.3. The van der Waals surface area contributed by atoms with E-state index >= 15 is 0 Å². The molecule has 0 aromatic heterocycles. The van der Waals surface area contributed by atoms with Gasteiger partial charge in [0.15, 0.2) is 0 Å². The zero-order valence-corrected chi connectivity index (χ0v) is 9.70. The van der Waals surface area contributed by atoms with Gasteiger partial charge in [0, 0.05) is 18.7 Å². The number of nitrogens with two attached hydrogens (primary N) is 2. The van der Waals surface area contributed by atoms with E-state index in [-0.39, 0.29) is 17.4 Å². The zero-order chi connectivity index (χ0) is 13.3. The SMILES string of the molecule is NC(=O)C1CCCN1c1ccc([N+](=O)[O-])cc1N. The number of rotatable bonds is 3. The van der Waals surface area contributed by atoms with Crippen LogP contribution in [0, 0.1) is 10.1 Å². The fourth-order valence-corrected chi connectivity index (χ4v) is 2.27. The molecule has 1 saturated heterocycles. The summed E-state index contributed by atoms with van der Waals surface area (Å²) in [6.07, 6.45) is 1.54. The number of carbonyl (C=O) groups excluding carboxylic acids is 1. The molecule has 0 spiro atoms. The van der Waals surface area contributed by atoms with Gasteiger partial charge in [-0.2, -0.15) is 0 Å². The van der Waals surface area contributed by atoms with Gasteiger partial charge in [0.2, 0.25) is 5.91 Å². The number of amides is 1. The first-order valence-corrected chi connectivity index (χ1v) is 5.60. The molecule has 1 aromatic carbocycles. The van der Waals surface area contributed by atoms with Gasteiger partial charge < -0.3 is 16.4 Å². The summed E-state index contributed by atoms with van der Waals surface area (Å²) in [6.45, 7) is 0.676. The smallest absolute Gasteiger partial charge is 0.271 e.